The molecule has 5 nitrogen and oxygen atoms in total. The molecule has 1 aromatic carbocycles. The zero-order chi connectivity index (χ0) is 17.3. The molecule has 1 N–H and O–H groups in total. The van der Waals surface area contributed by atoms with Crippen LogP contribution in [0, 0.1) is 0 Å². The molecule has 0 unspecified atom stereocenters. The number of rotatable bonds is 4. The second-order valence-corrected chi connectivity index (χ2v) is 8.41. The van der Waals surface area contributed by atoms with Gasteiger partial charge in [0.05, 0.1) is 15.2 Å². The molecule has 3 heterocycles. The molecule has 2 fully saturated rings. The van der Waals surface area contributed by atoms with Gasteiger partial charge in [-0.25, -0.2) is 15.0 Å². The van der Waals surface area contributed by atoms with Gasteiger partial charge in [0.15, 0.2) is 0 Å². The topological polar surface area (TPSA) is 53.9 Å². The minimum atomic E-state index is 0.625. The van der Waals surface area contributed by atoms with Crippen molar-refractivity contribution in [1.82, 2.24) is 19.9 Å². The van der Waals surface area contributed by atoms with Gasteiger partial charge in [-0.2, -0.15) is 0 Å². The summed E-state index contributed by atoms with van der Waals surface area (Å²) in [5, 5.41) is 4.57. The largest absolute Gasteiger partial charge is 0.324 e. The van der Waals surface area contributed by atoms with Crippen LogP contribution in [0.3, 0.4) is 0 Å². The third-order valence-electron chi connectivity index (χ3n) is 5.60. The monoisotopic (exact) mass is 365 g/mol. The molecule has 1 aliphatic carbocycles. The van der Waals surface area contributed by atoms with Crippen molar-refractivity contribution in [3.63, 3.8) is 0 Å². The molecule has 26 heavy (non-hydrogen) atoms. The summed E-state index contributed by atoms with van der Waals surface area (Å²) in [6.07, 6.45) is 10.2. The van der Waals surface area contributed by atoms with Crippen molar-refractivity contribution in [2.45, 2.75) is 44.1 Å². The minimum absolute atomic E-state index is 0.625. The molecule has 0 bridgehead atoms. The summed E-state index contributed by atoms with van der Waals surface area (Å²) in [6, 6.07) is 8.92. The lowest BCUT2D eigenvalue weighted by Gasteiger charge is -2.43. The van der Waals surface area contributed by atoms with Gasteiger partial charge in [0.25, 0.3) is 0 Å². The average molecular weight is 366 g/mol. The highest BCUT2D eigenvalue weighted by Crippen LogP contribution is 2.43. The van der Waals surface area contributed by atoms with Crippen molar-refractivity contribution in [2.24, 2.45) is 0 Å². The van der Waals surface area contributed by atoms with Gasteiger partial charge in [-0.05, 0) is 63.0 Å². The first-order valence-electron chi connectivity index (χ1n) is 9.54. The minimum Gasteiger partial charge on any atom is -0.324 e. The highest BCUT2D eigenvalue weighted by atomic mass is 32.1. The molecule has 0 radical (unpaired) electrons. The molecule has 2 aromatic heterocycles. The van der Waals surface area contributed by atoms with E-state index in [1.165, 1.54) is 54.9 Å². The number of likely N-dealkylation sites (tertiary alicyclic amines) is 1. The van der Waals surface area contributed by atoms with Crippen molar-refractivity contribution >= 4 is 33.2 Å². The van der Waals surface area contributed by atoms with Gasteiger partial charge in [0, 0.05) is 30.0 Å². The maximum atomic E-state index is 4.90. The smallest absolute Gasteiger partial charge is 0.227 e. The van der Waals surface area contributed by atoms with Crippen molar-refractivity contribution in [2.75, 3.05) is 18.4 Å². The van der Waals surface area contributed by atoms with Gasteiger partial charge in [0.1, 0.15) is 0 Å². The molecule has 0 spiro atoms. The van der Waals surface area contributed by atoms with E-state index in [0.717, 1.165) is 17.2 Å². The fraction of sp³-hybridized carbons (Fsp3) is 0.450. The van der Waals surface area contributed by atoms with Crippen molar-refractivity contribution in [3.8, 4) is 0 Å². The van der Waals surface area contributed by atoms with Crippen molar-refractivity contribution in [3.05, 3.63) is 41.7 Å². The Balaban J connectivity index is 1.28. The summed E-state index contributed by atoms with van der Waals surface area (Å²) >= 11 is 1.84. The van der Waals surface area contributed by atoms with E-state index in [-0.39, 0.29) is 0 Å². The van der Waals surface area contributed by atoms with Gasteiger partial charge in [-0.3, -0.25) is 0 Å². The number of hydrogen-bond donors (Lipinski definition) is 1. The molecule has 134 valence electrons. The van der Waals surface area contributed by atoms with E-state index in [1.54, 1.807) is 12.4 Å². The zero-order valence-electron chi connectivity index (χ0n) is 14.8. The van der Waals surface area contributed by atoms with Crippen molar-refractivity contribution < 1.29 is 0 Å². The van der Waals surface area contributed by atoms with Crippen LogP contribution in [0.1, 0.15) is 43.0 Å². The van der Waals surface area contributed by atoms with E-state index in [9.17, 15) is 0 Å². The predicted octanol–water partition coefficient (Wildman–Crippen LogP) is 4.56. The lowest BCUT2D eigenvalue weighted by atomic mass is 9.79. The number of hydrogen-bond acceptors (Lipinski definition) is 6. The molecule has 1 aliphatic heterocycles. The van der Waals surface area contributed by atoms with Crippen LogP contribution in [-0.4, -0.2) is 39.0 Å². The third kappa shape index (κ3) is 3.19. The van der Waals surface area contributed by atoms with Crippen LogP contribution in [0.4, 0.5) is 11.6 Å². The lowest BCUT2D eigenvalue weighted by Crippen LogP contribution is -2.46. The Kier molecular flexibility index (Phi) is 4.30. The summed E-state index contributed by atoms with van der Waals surface area (Å²) < 4.78 is 1.24. The first-order chi connectivity index (χ1) is 12.8. The number of fused-ring (bicyclic) bond motifs is 1. The Bertz CT molecular complexity index is 882. The van der Waals surface area contributed by atoms with Gasteiger partial charge >= 0.3 is 0 Å². The molecule has 1 saturated carbocycles. The Labute approximate surface area is 157 Å². The molecule has 2 aliphatic rings. The normalized spacial score (nSPS) is 23.7. The molecule has 5 rings (SSSR count). The van der Waals surface area contributed by atoms with E-state index < -0.39 is 0 Å². The third-order valence-corrected chi connectivity index (χ3v) is 6.78. The quantitative estimate of drug-likeness (QED) is 0.734. The molecular weight excluding hydrogens is 342 g/mol. The Morgan fingerprint density at radius 3 is 2.65 bits per heavy atom. The van der Waals surface area contributed by atoms with Gasteiger partial charge in [-0.15, -0.1) is 11.3 Å². The first-order valence-corrected chi connectivity index (χ1v) is 10.4. The number of piperidine rings is 1. The Morgan fingerprint density at radius 2 is 1.85 bits per heavy atom. The standard InChI is InChI=1S/C20H23N5S/c1-2-9-25(10-3-1)16-11-14(12-16)19-24-17-6-5-15(13-18(17)26-19)23-20-21-7-4-8-22-20/h4-8,13-14,16H,1-3,9-12H2,(H,21,22,23). The maximum absolute atomic E-state index is 4.90. The van der Waals surface area contributed by atoms with Crippen LogP contribution in [-0.2, 0) is 0 Å². The van der Waals surface area contributed by atoms with Gasteiger partial charge < -0.3 is 10.2 Å². The average Bonchev–Trinajstić information content (AvgIpc) is 3.05. The van der Waals surface area contributed by atoms with Gasteiger partial charge in [0.2, 0.25) is 5.95 Å². The summed E-state index contributed by atoms with van der Waals surface area (Å²) in [7, 11) is 0. The maximum Gasteiger partial charge on any atom is 0.227 e. The fourth-order valence-electron chi connectivity index (χ4n) is 4.06. The molecule has 0 atom stereocenters. The van der Waals surface area contributed by atoms with Crippen LogP contribution >= 0.6 is 11.3 Å². The Morgan fingerprint density at radius 1 is 1.04 bits per heavy atom. The molecule has 1 saturated heterocycles. The predicted molar refractivity (Wildman–Crippen MR) is 106 cm³/mol. The van der Waals surface area contributed by atoms with Crippen LogP contribution in [0.25, 0.3) is 10.2 Å². The molecular formula is C20H23N5S. The van der Waals surface area contributed by atoms with E-state index in [2.05, 4.69) is 38.4 Å². The number of nitrogens with one attached hydrogen (secondary N) is 1. The van der Waals surface area contributed by atoms with Crippen LogP contribution < -0.4 is 5.32 Å². The number of thiazole rings is 1. The van der Waals surface area contributed by atoms with Crippen LogP contribution in [0.15, 0.2) is 36.7 Å². The van der Waals surface area contributed by atoms with Crippen LogP contribution in [0.2, 0.25) is 0 Å². The summed E-state index contributed by atoms with van der Waals surface area (Å²) in [5.41, 5.74) is 2.12. The summed E-state index contributed by atoms with van der Waals surface area (Å²) in [5.74, 6) is 1.27. The number of anilines is 2. The number of nitrogens with zero attached hydrogens (tertiary/aromatic N) is 4. The van der Waals surface area contributed by atoms with E-state index in [4.69, 9.17) is 4.98 Å². The lowest BCUT2D eigenvalue weighted by molar-refractivity contribution is 0.0888. The van der Waals surface area contributed by atoms with Crippen molar-refractivity contribution in [1.29, 1.82) is 0 Å². The van der Waals surface area contributed by atoms with E-state index in [0.29, 0.717) is 11.9 Å². The van der Waals surface area contributed by atoms with E-state index >= 15 is 0 Å². The van der Waals surface area contributed by atoms with Crippen LogP contribution in [0.5, 0.6) is 0 Å². The SMILES string of the molecule is c1cnc(Nc2ccc3nc(C4CC(N5CCCCC5)C4)sc3c2)nc1. The highest BCUT2D eigenvalue weighted by molar-refractivity contribution is 7.18. The Hall–Kier alpha value is -2.05. The second kappa shape index (κ2) is 6.93. The first kappa shape index (κ1) is 16.1. The molecule has 0 amide bonds. The van der Waals surface area contributed by atoms with E-state index in [1.807, 2.05) is 17.4 Å². The summed E-state index contributed by atoms with van der Waals surface area (Å²) in [4.78, 5) is 16.1. The molecule has 6 heteroatoms. The molecule has 3 aromatic rings. The second-order valence-electron chi connectivity index (χ2n) is 7.35. The summed E-state index contributed by atoms with van der Waals surface area (Å²) in [6.45, 7) is 2.60. The fourth-order valence-corrected chi connectivity index (χ4v) is 5.19. The number of benzene rings is 1. The van der Waals surface area contributed by atoms with Gasteiger partial charge in [-0.1, -0.05) is 6.42 Å². The highest BCUT2D eigenvalue weighted by Gasteiger charge is 2.36. The number of aromatic nitrogens is 3. The zero-order valence-corrected chi connectivity index (χ0v) is 15.6.